The number of carbonyl (C=O) groups is 1. The van der Waals surface area contributed by atoms with E-state index in [0.29, 0.717) is 12.4 Å². The van der Waals surface area contributed by atoms with Gasteiger partial charge in [0.1, 0.15) is 11.9 Å². The molecule has 0 aliphatic carbocycles. The van der Waals surface area contributed by atoms with Crippen molar-refractivity contribution in [1.29, 1.82) is 0 Å². The summed E-state index contributed by atoms with van der Waals surface area (Å²) in [6.45, 7) is 4.92. The summed E-state index contributed by atoms with van der Waals surface area (Å²) in [7, 11) is 1.88. The molecular formula is C27H29N5O. The van der Waals surface area contributed by atoms with E-state index < -0.39 is 6.04 Å². The molecule has 6 heteroatoms. The number of aromatic nitrogens is 3. The average Bonchev–Trinajstić information content (AvgIpc) is 3.27. The summed E-state index contributed by atoms with van der Waals surface area (Å²) < 4.78 is 1.75. The highest BCUT2D eigenvalue weighted by Gasteiger charge is 2.21. The number of hydrogen-bond donors (Lipinski definition) is 2. The molecule has 4 rings (SSSR count). The first kappa shape index (κ1) is 22.4. The van der Waals surface area contributed by atoms with Crippen LogP contribution in [0.15, 0.2) is 85.3 Å². The zero-order valence-electron chi connectivity index (χ0n) is 19.2. The van der Waals surface area contributed by atoms with E-state index in [4.69, 9.17) is 0 Å². The number of carbonyl (C=O) groups excluding carboxylic acids is 1. The maximum atomic E-state index is 13.2. The van der Waals surface area contributed by atoms with Crippen molar-refractivity contribution >= 4 is 11.7 Å². The van der Waals surface area contributed by atoms with Crippen LogP contribution in [0, 0.1) is 6.92 Å². The van der Waals surface area contributed by atoms with E-state index in [1.165, 1.54) is 11.1 Å². The molecule has 2 aromatic heterocycles. The summed E-state index contributed by atoms with van der Waals surface area (Å²) in [5.74, 6) is 0.641. The zero-order chi connectivity index (χ0) is 23.2. The summed E-state index contributed by atoms with van der Waals surface area (Å²) in [5, 5.41) is 10.6. The molecule has 2 heterocycles. The topological polar surface area (TPSA) is 71.8 Å². The second-order valence-electron chi connectivity index (χ2n) is 8.39. The second kappa shape index (κ2) is 10.2. The standard InChI is InChI=1S/C27H29N5O/c1-19-9-11-21(12-10-19)20(2)15-29-26(22-7-5-4-6-8-22)27(33)31-25-14-13-23(16-28-25)24-17-30-32(3)18-24/h4-14,16-18,20,26,29H,15H2,1-3H3,(H,28,31,33)/t20?,26-/m0/s1. The van der Waals surface area contributed by atoms with E-state index in [-0.39, 0.29) is 11.8 Å². The van der Waals surface area contributed by atoms with Crippen LogP contribution in [0.4, 0.5) is 5.82 Å². The molecule has 6 nitrogen and oxygen atoms in total. The second-order valence-corrected chi connectivity index (χ2v) is 8.39. The molecule has 1 unspecified atom stereocenters. The van der Waals surface area contributed by atoms with Gasteiger partial charge in [-0.25, -0.2) is 4.98 Å². The van der Waals surface area contributed by atoms with Gasteiger partial charge in [-0.05, 0) is 36.1 Å². The first-order chi connectivity index (χ1) is 16.0. The molecular weight excluding hydrogens is 410 g/mol. The highest BCUT2D eigenvalue weighted by atomic mass is 16.2. The molecule has 1 amide bonds. The third-order valence-electron chi connectivity index (χ3n) is 5.72. The van der Waals surface area contributed by atoms with Gasteiger partial charge >= 0.3 is 0 Å². The lowest BCUT2D eigenvalue weighted by atomic mass is 9.98. The van der Waals surface area contributed by atoms with Gasteiger partial charge < -0.3 is 10.6 Å². The smallest absolute Gasteiger partial charge is 0.247 e. The Bertz CT molecular complexity index is 1180. The predicted octanol–water partition coefficient (Wildman–Crippen LogP) is 4.86. The van der Waals surface area contributed by atoms with E-state index in [0.717, 1.165) is 16.7 Å². The minimum Gasteiger partial charge on any atom is -0.309 e. The lowest BCUT2D eigenvalue weighted by Gasteiger charge is -2.21. The van der Waals surface area contributed by atoms with Crippen LogP contribution in [0.25, 0.3) is 11.1 Å². The maximum absolute atomic E-state index is 13.2. The van der Waals surface area contributed by atoms with Crippen molar-refractivity contribution < 1.29 is 4.79 Å². The summed E-state index contributed by atoms with van der Waals surface area (Å²) in [4.78, 5) is 17.7. The van der Waals surface area contributed by atoms with Crippen LogP contribution in [0.5, 0.6) is 0 Å². The fraction of sp³-hybridized carbons (Fsp3) is 0.222. The lowest BCUT2D eigenvalue weighted by Crippen LogP contribution is -2.35. The van der Waals surface area contributed by atoms with Gasteiger partial charge in [0.2, 0.25) is 5.91 Å². The third-order valence-corrected chi connectivity index (χ3v) is 5.72. The van der Waals surface area contributed by atoms with Gasteiger partial charge in [-0.2, -0.15) is 5.10 Å². The van der Waals surface area contributed by atoms with Gasteiger partial charge in [0, 0.05) is 37.1 Å². The van der Waals surface area contributed by atoms with Crippen molar-refractivity contribution in [3.63, 3.8) is 0 Å². The normalized spacial score (nSPS) is 12.8. The number of rotatable bonds is 8. The van der Waals surface area contributed by atoms with Gasteiger partial charge in [0.05, 0.1) is 6.20 Å². The van der Waals surface area contributed by atoms with Crippen LogP contribution in [0.1, 0.15) is 35.6 Å². The molecule has 2 N–H and O–H groups in total. The van der Waals surface area contributed by atoms with E-state index >= 15 is 0 Å². The van der Waals surface area contributed by atoms with Gasteiger partial charge in [-0.1, -0.05) is 67.1 Å². The fourth-order valence-corrected chi connectivity index (χ4v) is 3.72. The number of hydrogen-bond acceptors (Lipinski definition) is 4. The number of nitrogens with one attached hydrogen (secondary N) is 2. The number of pyridine rings is 1. The van der Waals surface area contributed by atoms with Crippen molar-refractivity contribution in [2.45, 2.75) is 25.8 Å². The number of aryl methyl sites for hydroxylation is 2. The van der Waals surface area contributed by atoms with Gasteiger partial charge in [0.25, 0.3) is 0 Å². The summed E-state index contributed by atoms with van der Waals surface area (Å²) >= 11 is 0. The van der Waals surface area contributed by atoms with Gasteiger partial charge in [-0.3, -0.25) is 9.48 Å². The van der Waals surface area contributed by atoms with E-state index in [9.17, 15) is 4.79 Å². The molecule has 0 saturated carbocycles. The van der Waals surface area contributed by atoms with Crippen molar-refractivity contribution in [2.24, 2.45) is 7.05 Å². The lowest BCUT2D eigenvalue weighted by molar-refractivity contribution is -0.118. The van der Waals surface area contributed by atoms with E-state index in [1.54, 1.807) is 17.1 Å². The first-order valence-electron chi connectivity index (χ1n) is 11.1. The molecule has 4 aromatic rings. The largest absolute Gasteiger partial charge is 0.309 e. The zero-order valence-corrected chi connectivity index (χ0v) is 19.2. The molecule has 2 atom stereocenters. The van der Waals surface area contributed by atoms with E-state index in [2.05, 4.69) is 58.8 Å². The Hall–Kier alpha value is -3.77. The quantitative estimate of drug-likeness (QED) is 0.411. The van der Waals surface area contributed by atoms with Crippen molar-refractivity contribution in [2.75, 3.05) is 11.9 Å². The summed E-state index contributed by atoms with van der Waals surface area (Å²) in [5.41, 5.74) is 5.33. The van der Waals surface area contributed by atoms with Crippen LogP contribution in [-0.2, 0) is 11.8 Å². The molecule has 33 heavy (non-hydrogen) atoms. The monoisotopic (exact) mass is 439 g/mol. The minimum absolute atomic E-state index is 0.140. The van der Waals surface area contributed by atoms with Gasteiger partial charge in [-0.15, -0.1) is 0 Å². The molecule has 0 bridgehead atoms. The number of anilines is 1. The van der Waals surface area contributed by atoms with Crippen molar-refractivity contribution in [3.8, 4) is 11.1 Å². The molecule has 0 fully saturated rings. The number of nitrogens with zero attached hydrogens (tertiary/aromatic N) is 3. The van der Waals surface area contributed by atoms with Crippen molar-refractivity contribution in [3.05, 3.63) is 102 Å². The SMILES string of the molecule is Cc1ccc(C(C)CN[C@H](C(=O)Nc2ccc(-c3cnn(C)c3)cn2)c2ccccc2)cc1. The average molecular weight is 440 g/mol. The minimum atomic E-state index is -0.487. The Morgan fingerprint density at radius 2 is 1.70 bits per heavy atom. The van der Waals surface area contributed by atoms with Crippen molar-refractivity contribution in [1.82, 2.24) is 20.1 Å². The molecule has 0 aliphatic rings. The van der Waals surface area contributed by atoms with Crippen LogP contribution in [0.3, 0.4) is 0 Å². The van der Waals surface area contributed by atoms with Crippen LogP contribution in [0.2, 0.25) is 0 Å². The molecule has 2 aromatic carbocycles. The highest BCUT2D eigenvalue weighted by Crippen LogP contribution is 2.21. The highest BCUT2D eigenvalue weighted by molar-refractivity contribution is 5.95. The Kier molecular flexibility index (Phi) is 6.95. The fourth-order valence-electron chi connectivity index (χ4n) is 3.72. The van der Waals surface area contributed by atoms with Gasteiger partial charge in [0.15, 0.2) is 0 Å². The number of amides is 1. The maximum Gasteiger partial charge on any atom is 0.247 e. The third kappa shape index (κ3) is 5.73. The van der Waals surface area contributed by atoms with E-state index in [1.807, 2.05) is 55.7 Å². The first-order valence-corrected chi connectivity index (χ1v) is 11.1. The van der Waals surface area contributed by atoms with Crippen LogP contribution >= 0.6 is 0 Å². The Morgan fingerprint density at radius 3 is 2.33 bits per heavy atom. The molecule has 0 spiro atoms. The van der Waals surface area contributed by atoms with Crippen LogP contribution in [-0.4, -0.2) is 27.2 Å². The Morgan fingerprint density at radius 1 is 0.939 bits per heavy atom. The molecule has 0 radical (unpaired) electrons. The molecule has 0 aliphatic heterocycles. The molecule has 0 saturated heterocycles. The summed E-state index contributed by atoms with van der Waals surface area (Å²) in [6, 6.07) is 21.6. The predicted molar refractivity (Wildman–Crippen MR) is 132 cm³/mol. The Balaban J connectivity index is 1.46. The molecule has 168 valence electrons. The Labute approximate surface area is 194 Å². The van der Waals surface area contributed by atoms with Crippen LogP contribution < -0.4 is 10.6 Å². The number of benzene rings is 2. The summed E-state index contributed by atoms with van der Waals surface area (Å²) in [6.07, 6.45) is 5.47.